The number of rotatable bonds is 6. The monoisotopic (exact) mass is 513 g/mol. The van der Waals surface area contributed by atoms with Crippen LogP contribution in [0.25, 0.3) is 0 Å². The molecule has 1 aromatic heterocycles. The molecule has 0 spiro atoms. The number of nitrogen functional groups attached to an aromatic ring is 1. The second kappa shape index (κ2) is 9.98. The number of carboxylic acid groups (broad SMARTS) is 1. The quantitative estimate of drug-likeness (QED) is 0.0721. The van der Waals surface area contributed by atoms with Crippen LogP contribution in [0.2, 0.25) is 0 Å². The Balaban J connectivity index is 0.00000240. The predicted octanol–water partition coefficient (Wildman–Crippen LogP) is -4.68. The summed E-state index contributed by atoms with van der Waals surface area (Å²) in [5.74, 6) is -3.19. The van der Waals surface area contributed by atoms with Crippen molar-refractivity contribution in [2.24, 2.45) is 5.16 Å². The number of hydrogen-bond donors (Lipinski definition) is 4. The van der Waals surface area contributed by atoms with Crippen LogP contribution in [0, 0.1) is 0 Å². The summed E-state index contributed by atoms with van der Waals surface area (Å²) in [6, 6.07) is -1.01. The number of aromatic nitrogens is 1. The van der Waals surface area contributed by atoms with Gasteiger partial charge in [0.05, 0.1) is 0 Å². The van der Waals surface area contributed by atoms with Gasteiger partial charge in [-0.3, -0.25) is 4.79 Å². The summed E-state index contributed by atoms with van der Waals surface area (Å²) in [6.07, 6.45) is 0. The number of nitrogens with one attached hydrogen (secondary N) is 1. The maximum atomic E-state index is 12.5. The fourth-order valence-corrected chi connectivity index (χ4v) is 5.28. The molecular weight excluding hydrogens is 496 g/mol. The number of β-lactam (4-membered cyclic amide) rings is 1. The fraction of sp³-hybridized carbons (Fsp3) is 0.333. The van der Waals surface area contributed by atoms with Crippen LogP contribution in [-0.2, 0) is 23.9 Å². The van der Waals surface area contributed by atoms with Crippen molar-refractivity contribution in [3.05, 3.63) is 21.9 Å². The first-order valence-electron chi connectivity index (χ1n) is 8.02. The maximum Gasteiger partial charge on any atom is 1.00 e. The molecule has 2 atom stereocenters. The van der Waals surface area contributed by atoms with Gasteiger partial charge < -0.3 is 1.43 Å². The summed E-state index contributed by atoms with van der Waals surface area (Å²) in [7, 11) is 0. The van der Waals surface area contributed by atoms with Gasteiger partial charge >= 0.3 is 191 Å². The molecule has 30 heavy (non-hydrogen) atoms. The third-order valence-corrected chi connectivity index (χ3v) is 6.82. The molecule has 0 bridgehead atoms. The van der Waals surface area contributed by atoms with E-state index in [4.69, 9.17) is 15.7 Å². The molecule has 1 fully saturated rings. The van der Waals surface area contributed by atoms with Crippen LogP contribution in [-0.4, -0.2) is 87.9 Å². The standard InChI is InChI=1S/C15H15N5O7SSe.Na.H/c1-5(21)27-2-6-3-28-13-9(12(23)20(13)10(6)14(24)25)18-11(22)8(19-26)7-4-29-15(16)17-7;;/h4,9,13,26H,2-3H2,1H3,(H2,16,17)(H,18,22)(H,24,25);;/q;+1;-1/b19-8-;;/t9-,13-;;/m1../s1. The number of carbonyl (C=O) groups is 4. The Kier molecular flexibility index (Phi) is 8.13. The number of amides is 2. The van der Waals surface area contributed by atoms with Crippen molar-refractivity contribution in [1.82, 2.24) is 15.2 Å². The van der Waals surface area contributed by atoms with Crippen LogP contribution in [0.4, 0.5) is 4.69 Å². The first-order valence-corrected chi connectivity index (χ1v) is 10.9. The zero-order valence-corrected chi connectivity index (χ0v) is 20.3. The number of nitrogens with two attached hydrogens (primary N) is 1. The Morgan fingerprint density at radius 3 is 2.77 bits per heavy atom. The van der Waals surface area contributed by atoms with Gasteiger partial charge in [0.1, 0.15) is 0 Å². The van der Waals surface area contributed by atoms with Crippen LogP contribution in [0.3, 0.4) is 0 Å². The van der Waals surface area contributed by atoms with Gasteiger partial charge in [-0.25, -0.2) is 0 Å². The summed E-state index contributed by atoms with van der Waals surface area (Å²) in [5, 5.41) is 23.4. The third kappa shape index (κ3) is 4.74. The molecular formula is C15H16N5NaO7SSe. The molecule has 2 amide bonds. The minimum atomic E-state index is -1.34. The summed E-state index contributed by atoms with van der Waals surface area (Å²) < 4.78 is 5.17. The number of fused-ring (bicyclic) bond motifs is 1. The molecule has 0 radical (unpaired) electrons. The van der Waals surface area contributed by atoms with Gasteiger partial charge in [0.15, 0.2) is 0 Å². The largest absolute Gasteiger partial charge is 1.00 e. The van der Waals surface area contributed by atoms with E-state index in [0.717, 1.165) is 4.90 Å². The van der Waals surface area contributed by atoms with Gasteiger partial charge in [0, 0.05) is 6.92 Å². The van der Waals surface area contributed by atoms with E-state index in [1.54, 1.807) is 4.94 Å². The normalized spacial score (nSPS) is 20.6. The molecule has 0 aliphatic carbocycles. The summed E-state index contributed by atoms with van der Waals surface area (Å²) in [4.78, 5) is 54.2. The van der Waals surface area contributed by atoms with Crippen molar-refractivity contribution in [2.75, 3.05) is 18.1 Å². The van der Waals surface area contributed by atoms with Crippen molar-refractivity contribution in [1.29, 1.82) is 0 Å². The number of thioether (sulfide) groups is 1. The minimum absolute atomic E-state index is 0. The molecule has 3 rings (SSSR count). The number of carbonyl (C=O) groups excluding carboxylic acids is 3. The minimum Gasteiger partial charge on any atom is -1.00 e. The topological polar surface area (TPSA) is 185 Å². The van der Waals surface area contributed by atoms with Crippen LogP contribution < -0.4 is 40.6 Å². The zero-order chi connectivity index (χ0) is 21.3. The second-order valence-corrected chi connectivity index (χ2v) is 8.89. The van der Waals surface area contributed by atoms with Crippen molar-refractivity contribution in [3.8, 4) is 0 Å². The maximum absolute atomic E-state index is 12.5. The van der Waals surface area contributed by atoms with Crippen LogP contribution in [0.5, 0.6) is 0 Å². The van der Waals surface area contributed by atoms with Gasteiger partial charge in [-0.05, 0) is 0 Å². The first kappa shape index (κ1) is 24.4. The predicted molar refractivity (Wildman–Crippen MR) is 101 cm³/mol. The first-order chi connectivity index (χ1) is 13.7. The molecule has 5 N–H and O–H groups in total. The van der Waals surface area contributed by atoms with E-state index >= 15 is 0 Å². The van der Waals surface area contributed by atoms with Gasteiger partial charge in [-0.2, -0.15) is 0 Å². The smallest absolute Gasteiger partial charge is 1.00 e. The van der Waals surface area contributed by atoms with E-state index in [1.165, 1.54) is 18.7 Å². The fourth-order valence-electron chi connectivity index (χ4n) is 2.80. The van der Waals surface area contributed by atoms with E-state index in [-0.39, 0.29) is 80.5 Å². The molecule has 1 aromatic rings. The number of carboxylic acids is 1. The second-order valence-electron chi connectivity index (χ2n) is 5.92. The molecule has 3 heterocycles. The Bertz CT molecular complexity index is 971. The molecule has 15 heteroatoms. The van der Waals surface area contributed by atoms with Crippen molar-refractivity contribution in [3.63, 3.8) is 0 Å². The van der Waals surface area contributed by atoms with E-state index in [1.807, 2.05) is 0 Å². The summed E-state index contributed by atoms with van der Waals surface area (Å²) in [5.41, 5.74) is 5.31. The number of nitrogens with zero attached hydrogens (tertiary/aromatic N) is 3. The number of esters is 1. The number of aliphatic carboxylic acids is 1. The van der Waals surface area contributed by atoms with Crippen LogP contribution in [0.15, 0.2) is 21.4 Å². The molecule has 2 aliphatic heterocycles. The summed E-state index contributed by atoms with van der Waals surface area (Å²) >= 11 is 0.960. The van der Waals surface area contributed by atoms with Crippen molar-refractivity contribution >= 4 is 60.4 Å². The van der Waals surface area contributed by atoms with E-state index in [2.05, 4.69) is 15.5 Å². The van der Waals surface area contributed by atoms with E-state index < -0.39 is 35.2 Å². The SMILES string of the molecule is CC(=O)OCC1=C(C(=O)O)N2C(=O)[C@@H](NC(=O)/C(=N\O)c3c[se]c(N)n3)[C@H]2SC1.[H-].[Na+]. The van der Waals surface area contributed by atoms with Gasteiger partial charge in [-0.1, -0.05) is 0 Å². The molecule has 0 saturated carbocycles. The van der Waals surface area contributed by atoms with Crippen LogP contribution in [0.1, 0.15) is 14.0 Å². The average molecular weight is 512 g/mol. The Morgan fingerprint density at radius 2 is 2.23 bits per heavy atom. The molecule has 2 aliphatic rings. The number of anilines is 1. The average Bonchev–Trinajstić information content (AvgIpc) is 3.09. The van der Waals surface area contributed by atoms with Gasteiger partial charge in [0.2, 0.25) is 0 Å². The van der Waals surface area contributed by atoms with Crippen molar-refractivity contribution in [2.45, 2.75) is 18.3 Å². The Hall–Kier alpha value is -1.83. The van der Waals surface area contributed by atoms with E-state index in [0.29, 0.717) is 4.69 Å². The number of ether oxygens (including phenoxy) is 1. The summed E-state index contributed by atoms with van der Waals surface area (Å²) in [6.45, 7) is 0.952. The third-order valence-electron chi connectivity index (χ3n) is 4.07. The Labute approximate surface area is 203 Å². The van der Waals surface area contributed by atoms with Crippen molar-refractivity contribution < 1.29 is 65.2 Å². The molecule has 12 nitrogen and oxygen atoms in total. The molecule has 0 aromatic carbocycles. The number of hydrogen-bond acceptors (Lipinski definition) is 10. The van der Waals surface area contributed by atoms with Crippen LogP contribution >= 0.6 is 11.8 Å². The van der Waals surface area contributed by atoms with Gasteiger partial charge in [-0.15, -0.1) is 0 Å². The Morgan fingerprint density at radius 1 is 1.53 bits per heavy atom. The molecule has 156 valence electrons. The number of oxime groups is 1. The van der Waals surface area contributed by atoms with E-state index in [9.17, 15) is 24.3 Å². The zero-order valence-electron chi connectivity index (χ0n) is 16.8. The molecule has 1 saturated heterocycles. The van der Waals surface area contributed by atoms with Gasteiger partial charge in [0.25, 0.3) is 0 Å². The molecule has 0 unspecified atom stereocenters.